The van der Waals surface area contributed by atoms with E-state index in [1.807, 2.05) is 34.8 Å². The number of amides is 1. The number of carbonyl (C=O) groups is 1. The standard InChI is InChI=1S/C17H33N3O3S3/c1-4-5-6-8-19-17(21)7-11-22-13-14-23-12-9-18-16(2)26-25-15-10-20-24-3/h16,18,20H,4,7-15H2,1-3H3,(H,19,21). The van der Waals surface area contributed by atoms with E-state index in [1.54, 1.807) is 11.9 Å². The Morgan fingerprint density at radius 3 is 2.62 bits per heavy atom. The fourth-order valence-electron chi connectivity index (χ4n) is 1.61. The highest BCUT2D eigenvalue weighted by atomic mass is 33.1. The van der Waals surface area contributed by atoms with Crippen molar-refractivity contribution in [2.75, 3.05) is 58.1 Å². The van der Waals surface area contributed by atoms with Gasteiger partial charge in [-0.3, -0.25) is 9.52 Å². The molecule has 3 N–H and O–H groups in total. The minimum Gasteiger partial charge on any atom is -0.379 e. The summed E-state index contributed by atoms with van der Waals surface area (Å²) in [5.74, 6) is 6.83. The third kappa shape index (κ3) is 20.2. The number of nitrogens with one attached hydrogen (secondary N) is 3. The zero-order valence-corrected chi connectivity index (χ0v) is 18.5. The van der Waals surface area contributed by atoms with Crippen molar-refractivity contribution in [2.24, 2.45) is 0 Å². The molecule has 0 aliphatic carbocycles. The lowest BCUT2D eigenvalue weighted by atomic mass is 10.4. The zero-order chi connectivity index (χ0) is 19.3. The topological polar surface area (TPSA) is 71.6 Å². The van der Waals surface area contributed by atoms with Gasteiger partial charge in [0, 0.05) is 31.7 Å². The lowest BCUT2D eigenvalue weighted by molar-refractivity contribution is -0.122. The molecule has 0 aliphatic heterocycles. The normalized spacial score (nSPS) is 11.7. The van der Waals surface area contributed by atoms with Gasteiger partial charge in [0.2, 0.25) is 5.91 Å². The Kier molecular flexibility index (Phi) is 21.2. The Labute approximate surface area is 171 Å². The summed E-state index contributed by atoms with van der Waals surface area (Å²) < 4.78 is 14.1. The summed E-state index contributed by atoms with van der Waals surface area (Å²) in [5, 5.41) is 6.53. The van der Waals surface area contributed by atoms with Gasteiger partial charge in [-0.25, -0.2) is 0 Å². The summed E-state index contributed by atoms with van der Waals surface area (Å²) in [4.78, 5) is 11.5. The molecule has 0 fully saturated rings. The van der Waals surface area contributed by atoms with Gasteiger partial charge in [0.05, 0.1) is 38.3 Å². The highest BCUT2D eigenvalue weighted by molar-refractivity contribution is 8.76. The number of hydrogen-bond acceptors (Lipinski definition) is 8. The lowest BCUT2D eigenvalue weighted by Crippen LogP contribution is -2.27. The zero-order valence-electron chi connectivity index (χ0n) is 16.1. The van der Waals surface area contributed by atoms with Crippen LogP contribution in [0.15, 0.2) is 0 Å². The number of ether oxygens (including phenoxy) is 2. The second-order valence-electron chi connectivity index (χ2n) is 5.07. The third-order valence-corrected chi connectivity index (χ3v) is 6.07. The molecular weight excluding hydrogens is 390 g/mol. The maximum atomic E-state index is 11.5. The van der Waals surface area contributed by atoms with Gasteiger partial charge in [-0.2, -0.15) is 0 Å². The average molecular weight is 424 g/mol. The molecule has 0 aromatic rings. The molecule has 0 bridgehead atoms. The molecule has 0 aliphatic rings. The Hall–Kier alpha value is -0.0800. The minimum atomic E-state index is -0.0332. The number of hydrogen-bond donors (Lipinski definition) is 3. The van der Waals surface area contributed by atoms with Crippen molar-refractivity contribution in [3.63, 3.8) is 0 Å². The SMILES string of the molecule is CCC#CCNC(=O)CCOCCOCCNC(C)SSCCNSC. The molecule has 0 rings (SSSR count). The van der Waals surface area contributed by atoms with Crippen LogP contribution in [0.1, 0.15) is 26.7 Å². The predicted octanol–water partition coefficient (Wildman–Crippen LogP) is 2.12. The van der Waals surface area contributed by atoms with Gasteiger partial charge < -0.3 is 20.1 Å². The average Bonchev–Trinajstić information content (AvgIpc) is 2.63. The van der Waals surface area contributed by atoms with Crippen LogP contribution in [-0.2, 0) is 14.3 Å². The monoisotopic (exact) mass is 423 g/mol. The van der Waals surface area contributed by atoms with Crippen LogP contribution in [0.2, 0.25) is 0 Å². The summed E-state index contributed by atoms with van der Waals surface area (Å²) >= 11 is 1.65. The van der Waals surface area contributed by atoms with Crippen molar-refractivity contribution in [2.45, 2.75) is 32.1 Å². The molecule has 152 valence electrons. The highest BCUT2D eigenvalue weighted by Crippen LogP contribution is 2.24. The molecule has 1 atom stereocenters. The van der Waals surface area contributed by atoms with Crippen LogP contribution in [0.5, 0.6) is 0 Å². The molecular formula is C17H33N3O3S3. The molecule has 0 aromatic heterocycles. The minimum absolute atomic E-state index is 0.0332. The Morgan fingerprint density at radius 2 is 1.88 bits per heavy atom. The van der Waals surface area contributed by atoms with Crippen molar-refractivity contribution in [3.8, 4) is 11.8 Å². The van der Waals surface area contributed by atoms with Gasteiger partial charge in [0.15, 0.2) is 0 Å². The summed E-state index contributed by atoms with van der Waals surface area (Å²) in [6.45, 7) is 8.49. The third-order valence-electron chi connectivity index (χ3n) is 2.84. The molecule has 1 amide bonds. The molecule has 0 spiro atoms. The van der Waals surface area contributed by atoms with E-state index >= 15 is 0 Å². The van der Waals surface area contributed by atoms with E-state index in [1.165, 1.54) is 0 Å². The summed E-state index contributed by atoms with van der Waals surface area (Å²) in [6, 6.07) is 0. The van der Waals surface area contributed by atoms with Crippen molar-refractivity contribution in [3.05, 3.63) is 0 Å². The van der Waals surface area contributed by atoms with Gasteiger partial charge in [-0.15, -0.1) is 5.92 Å². The molecule has 0 heterocycles. The van der Waals surface area contributed by atoms with Gasteiger partial charge >= 0.3 is 0 Å². The number of carbonyl (C=O) groups excluding carboxylic acids is 1. The summed E-state index contributed by atoms with van der Waals surface area (Å²) in [5.41, 5.74) is 0. The fraction of sp³-hybridized carbons (Fsp3) is 0.824. The molecule has 0 radical (unpaired) electrons. The smallest absolute Gasteiger partial charge is 0.223 e. The first-order valence-corrected chi connectivity index (χ1v) is 12.5. The Morgan fingerprint density at radius 1 is 1.12 bits per heavy atom. The van der Waals surface area contributed by atoms with Crippen LogP contribution in [0.25, 0.3) is 0 Å². The van der Waals surface area contributed by atoms with E-state index in [4.69, 9.17) is 9.47 Å². The van der Waals surface area contributed by atoms with Gasteiger partial charge in [0.1, 0.15) is 0 Å². The fourth-order valence-corrected chi connectivity index (χ4v) is 4.07. The molecule has 6 nitrogen and oxygen atoms in total. The van der Waals surface area contributed by atoms with E-state index in [9.17, 15) is 4.79 Å². The summed E-state index contributed by atoms with van der Waals surface area (Å²) in [7, 11) is 3.71. The Bertz CT molecular complexity index is 392. The molecule has 1 unspecified atom stereocenters. The Balaban J connectivity index is 3.26. The van der Waals surface area contributed by atoms with E-state index in [2.05, 4.69) is 34.1 Å². The molecule has 0 aromatic carbocycles. The molecule has 0 saturated heterocycles. The van der Waals surface area contributed by atoms with Crippen molar-refractivity contribution >= 4 is 39.4 Å². The first kappa shape index (κ1) is 25.9. The maximum absolute atomic E-state index is 11.5. The van der Waals surface area contributed by atoms with Crippen LogP contribution in [0, 0.1) is 11.8 Å². The predicted molar refractivity (Wildman–Crippen MR) is 116 cm³/mol. The van der Waals surface area contributed by atoms with Crippen molar-refractivity contribution in [1.82, 2.24) is 15.4 Å². The second kappa shape index (κ2) is 21.2. The first-order chi connectivity index (χ1) is 12.7. The maximum Gasteiger partial charge on any atom is 0.223 e. The quantitative estimate of drug-likeness (QED) is 0.108. The molecule has 0 saturated carbocycles. The van der Waals surface area contributed by atoms with Crippen LogP contribution >= 0.6 is 33.5 Å². The second-order valence-corrected chi connectivity index (χ2v) is 8.60. The molecule has 26 heavy (non-hydrogen) atoms. The largest absolute Gasteiger partial charge is 0.379 e. The summed E-state index contributed by atoms with van der Waals surface area (Å²) in [6.07, 6.45) is 3.20. The van der Waals surface area contributed by atoms with Crippen molar-refractivity contribution < 1.29 is 14.3 Å². The highest BCUT2D eigenvalue weighted by Gasteiger charge is 2.02. The van der Waals surface area contributed by atoms with E-state index in [-0.39, 0.29) is 5.91 Å². The van der Waals surface area contributed by atoms with Gasteiger partial charge in [0.25, 0.3) is 0 Å². The van der Waals surface area contributed by atoms with E-state index in [0.29, 0.717) is 44.8 Å². The van der Waals surface area contributed by atoms with Crippen LogP contribution in [0.4, 0.5) is 0 Å². The van der Waals surface area contributed by atoms with Gasteiger partial charge in [-0.05, 0) is 13.2 Å². The van der Waals surface area contributed by atoms with Crippen LogP contribution < -0.4 is 15.4 Å². The lowest BCUT2D eigenvalue weighted by Gasteiger charge is -2.13. The van der Waals surface area contributed by atoms with E-state index in [0.717, 1.165) is 25.3 Å². The van der Waals surface area contributed by atoms with Gasteiger partial charge in [-0.1, -0.05) is 46.4 Å². The van der Waals surface area contributed by atoms with E-state index < -0.39 is 0 Å². The number of rotatable bonds is 17. The first-order valence-electron chi connectivity index (χ1n) is 8.86. The molecule has 9 heteroatoms. The van der Waals surface area contributed by atoms with Crippen molar-refractivity contribution in [1.29, 1.82) is 0 Å². The van der Waals surface area contributed by atoms with Crippen LogP contribution in [0.3, 0.4) is 0 Å². The van der Waals surface area contributed by atoms with Crippen LogP contribution in [-0.4, -0.2) is 69.4 Å².